The summed E-state index contributed by atoms with van der Waals surface area (Å²) in [4.78, 5) is 12.4. The molecule has 1 aromatic rings. The second-order valence-electron chi connectivity index (χ2n) is 5.45. The monoisotopic (exact) mass is 280 g/mol. The van der Waals surface area contributed by atoms with Crippen LogP contribution in [0.5, 0.6) is 0 Å². The second kappa shape index (κ2) is 6.85. The molecule has 112 valence electrons. The lowest BCUT2D eigenvalue weighted by atomic mass is 10.0. The lowest BCUT2D eigenvalue weighted by Crippen LogP contribution is -2.42. The van der Waals surface area contributed by atoms with Crippen LogP contribution in [0.2, 0.25) is 0 Å². The van der Waals surface area contributed by atoms with Crippen molar-refractivity contribution in [1.82, 2.24) is 15.1 Å². The molecule has 0 bridgehead atoms. The lowest BCUT2D eigenvalue weighted by Gasteiger charge is -2.19. The molecule has 1 fully saturated rings. The summed E-state index contributed by atoms with van der Waals surface area (Å²) in [6.45, 7) is 8.16. The first-order chi connectivity index (χ1) is 9.63. The van der Waals surface area contributed by atoms with Crippen molar-refractivity contribution in [1.29, 1.82) is 0 Å². The van der Waals surface area contributed by atoms with Crippen LogP contribution >= 0.6 is 0 Å². The summed E-state index contributed by atoms with van der Waals surface area (Å²) in [7, 11) is 0. The van der Waals surface area contributed by atoms with Gasteiger partial charge in [-0.1, -0.05) is 6.92 Å². The minimum atomic E-state index is -0.142. The van der Waals surface area contributed by atoms with Crippen molar-refractivity contribution >= 4 is 11.7 Å². The standard InChI is InChI=1S/C14H24N4O2/c1-4-6-15-12-9-20-8-11(12)14(19)17-13-5-7-16-18(13)10(2)3/h5,7,10-12,15H,4,6,8-9H2,1-3H3,(H,17,19). The van der Waals surface area contributed by atoms with Crippen molar-refractivity contribution < 1.29 is 9.53 Å². The zero-order valence-corrected chi connectivity index (χ0v) is 12.4. The summed E-state index contributed by atoms with van der Waals surface area (Å²) in [5, 5.41) is 10.6. The Labute approximate surface area is 119 Å². The number of carbonyl (C=O) groups is 1. The first-order valence-electron chi connectivity index (χ1n) is 7.29. The van der Waals surface area contributed by atoms with Gasteiger partial charge in [0.1, 0.15) is 5.82 Å². The van der Waals surface area contributed by atoms with Gasteiger partial charge in [0.25, 0.3) is 0 Å². The number of nitrogens with zero attached hydrogens (tertiary/aromatic N) is 2. The molecule has 0 radical (unpaired) electrons. The van der Waals surface area contributed by atoms with Gasteiger partial charge >= 0.3 is 0 Å². The maximum atomic E-state index is 12.4. The van der Waals surface area contributed by atoms with E-state index in [0.29, 0.717) is 13.2 Å². The number of amides is 1. The molecule has 2 rings (SSSR count). The van der Waals surface area contributed by atoms with Gasteiger partial charge < -0.3 is 15.4 Å². The first kappa shape index (κ1) is 15.0. The fourth-order valence-corrected chi connectivity index (χ4v) is 2.39. The number of carbonyl (C=O) groups excluding carboxylic acids is 1. The third-order valence-corrected chi connectivity index (χ3v) is 3.48. The zero-order valence-electron chi connectivity index (χ0n) is 12.4. The molecule has 2 atom stereocenters. The predicted molar refractivity (Wildman–Crippen MR) is 77.6 cm³/mol. The third-order valence-electron chi connectivity index (χ3n) is 3.48. The molecule has 0 aromatic carbocycles. The third kappa shape index (κ3) is 3.37. The van der Waals surface area contributed by atoms with Gasteiger partial charge in [0.05, 0.1) is 25.3 Å². The van der Waals surface area contributed by atoms with Crippen LogP contribution in [0.4, 0.5) is 5.82 Å². The highest BCUT2D eigenvalue weighted by atomic mass is 16.5. The van der Waals surface area contributed by atoms with E-state index in [4.69, 9.17) is 4.74 Å². The number of rotatable bonds is 6. The molecule has 0 aliphatic carbocycles. The number of hydrogen-bond donors (Lipinski definition) is 2. The summed E-state index contributed by atoms with van der Waals surface area (Å²) in [6.07, 6.45) is 2.75. The molecular weight excluding hydrogens is 256 g/mol. The van der Waals surface area contributed by atoms with E-state index >= 15 is 0 Å². The van der Waals surface area contributed by atoms with Crippen molar-refractivity contribution in [2.45, 2.75) is 39.3 Å². The van der Waals surface area contributed by atoms with Crippen molar-refractivity contribution in [3.63, 3.8) is 0 Å². The maximum absolute atomic E-state index is 12.4. The van der Waals surface area contributed by atoms with Crippen LogP contribution in [0, 0.1) is 5.92 Å². The Balaban J connectivity index is 1.98. The summed E-state index contributed by atoms with van der Waals surface area (Å²) in [6, 6.07) is 2.14. The normalized spacial score (nSPS) is 22.4. The zero-order chi connectivity index (χ0) is 14.5. The molecule has 0 saturated carbocycles. The molecule has 6 heteroatoms. The average Bonchev–Trinajstić information content (AvgIpc) is 3.04. The molecule has 20 heavy (non-hydrogen) atoms. The van der Waals surface area contributed by atoms with Gasteiger partial charge in [0.15, 0.2) is 0 Å². The Hall–Kier alpha value is -1.40. The smallest absolute Gasteiger partial charge is 0.232 e. The minimum Gasteiger partial charge on any atom is -0.379 e. The van der Waals surface area contributed by atoms with Crippen LogP contribution in [-0.4, -0.2) is 41.5 Å². The largest absolute Gasteiger partial charge is 0.379 e. The van der Waals surface area contributed by atoms with Crippen LogP contribution in [0.1, 0.15) is 33.2 Å². The van der Waals surface area contributed by atoms with Crippen molar-refractivity contribution in [2.75, 3.05) is 25.1 Å². The molecular formula is C14H24N4O2. The number of nitrogens with one attached hydrogen (secondary N) is 2. The van der Waals surface area contributed by atoms with Gasteiger partial charge in [0, 0.05) is 18.2 Å². The maximum Gasteiger partial charge on any atom is 0.232 e. The molecule has 2 unspecified atom stereocenters. The fourth-order valence-electron chi connectivity index (χ4n) is 2.39. The molecule has 1 aromatic heterocycles. The lowest BCUT2D eigenvalue weighted by molar-refractivity contribution is -0.120. The molecule has 1 aliphatic heterocycles. The van der Waals surface area contributed by atoms with Gasteiger partial charge in [0.2, 0.25) is 5.91 Å². The van der Waals surface area contributed by atoms with E-state index < -0.39 is 0 Å². The summed E-state index contributed by atoms with van der Waals surface area (Å²) in [5.41, 5.74) is 0. The minimum absolute atomic E-state index is 0.00139. The van der Waals surface area contributed by atoms with Gasteiger partial charge in [-0.15, -0.1) is 0 Å². The van der Waals surface area contributed by atoms with Crippen LogP contribution in [0.3, 0.4) is 0 Å². The molecule has 2 N–H and O–H groups in total. The molecule has 6 nitrogen and oxygen atoms in total. The summed E-state index contributed by atoms with van der Waals surface area (Å²) >= 11 is 0. The van der Waals surface area contributed by atoms with E-state index in [2.05, 4.69) is 22.7 Å². The van der Waals surface area contributed by atoms with E-state index in [1.807, 2.05) is 24.6 Å². The molecule has 1 amide bonds. The second-order valence-corrected chi connectivity index (χ2v) is 5.45. The Morgan fingerprint density at radius 2 is 2.35 bits per heavy atom. The van der Waals surface area contributed by atoms with E-state index in [1.54, 1.807) is 6.20 Å². The fraction of sp³-hybridized carbons (Fsp3) is 0.714. The van der Waals surface area contributed by atoms with E-state index in [0.717, 1.165) is 18.8 Å². The van der Waals surface area contributed by atoms with Crippen molar-refractivity contribution in [3.05, 3.63) is 12.3 Å². The van der Waals surface area contributed by atoms with Gasteiger partial charge in [-0.2, -0.15) is 5.10 Å². The quantitative estimate of drug-likeness (QED) is 0.827. The first-order valence-corrected chi connectivity index (χ1v) is 7.29. The number of hydrogen-bond acceptors (Lipinski definition) is 4. The predicted octanol–water partition coefficient (Wildman–Crippen LogP) is 1.42. The highest BCUT2D eigenvalue weighted by Crippen LogP contribution is 2.18. The van der Waals surface area contributed by atoms with Gasteiger partial charge in [-0.05, 0) is 26.8 Å². The highest BCUT2D eigenvalue weighted by Gasteiger charge is 2.34. The topological polar surface area (TPSA) is 68.2 Å². The number of ether oxygens (including phenoxy) is 1. The van der Waals surface area contributed by atoms with Crippen molar-refractivity contribution in [2.24, 2.45) is 5.92 Å². The van der Waals surface area contributed by atoms with E-state index in [9.17, 15) is 4.79 Å². The summed E-state index contributed by atoms with van der Waals surface area (Å²) < 4.78 is 7.25. The molecule has 2 heterocycles. The van der Waals surface area contributed by atoms with Gasteiger partial charge in [-0.3, -0.25) is 4.79 Å². The Morgan fingerprint density at radius 1 is 1.55 bits per heavy atom. The van der Waals surface area contributed by atoms with Crippen LogP contribution in [-0.2, 0) is 9.53 Å². The molecule has 0 spiro atoms. The SMILES string of the molecule is CCCNC1COCC1C(=O)Nc1ccnn1C(C)C. The van der Waals surface area contributed by atoms with E-state index in [1.165, 1.54) is 0 Å². The van der Waals surface area contributed by atoms with Crippen molar-refractivity contribution in [3.8, 4) is 0 Å². The Kier molecular flexibility index (Phi) is 5.14. The van der Waals surface area contributed by atoms with Crippen LogP contribution in [0.15, 0.2) is 12.3 Å². The van der Waals surface area contributed by atoms with E-state index in [-0.39, 0.29) is 23.9 Å². The Morgan fingerprint density at radius 3 is 3.05 bits per heavy atom. The van der Waals surface area contributed by atoms with Gasteiger partial charge in [-0.25, -0.2) is 4.68 Å². The number of anilines is 1. The van der Waals surface area contributed by atoms with Crippen LogP contribution < -0.4 is 10.6 Å². The molecule has 1 saturated heterocycles. The average molecular weight is 280 g/mol. The Bertz CT molecular complexity index is 444. The highest BCUT2D eigenvalue weighted by molar-refractivity contribution is 5.92. The van der Waals surface area contributed by atoms with Crippen LogP contribution in [0.25, 0.3) is 0 Å². The summed E-state index contributed by atoms with van der Waals surface area (Å²) in [5.74, 6) is 0.599. The molecule has 1 aliphatic rings. The number of aromatic nitrogens is 2.